The van der Waals surface area contributed by atoms with E-state index in [1.807, 2.05) is 0 Å². The van der Waals surface area contributed by atoms with Gasteiger partial charge in [-0.05, 0) is 0 Å². The van der Waals surface area contributed by atoms with E-state index in [0.29, 0.717) is 0 Å². The Morgan fingerprint density at radius 3 is 0.667 bits per heavy atom. The fraction of sp³-hybridized carbons (Fsp3) is 0. The van der Waals surface area contributed by atoms with Crippen LogP contribution >= 0.6 is 0 Å². The zero-order valence-electron chi connectivity index (χ0n) is 4.95. The van der Waals surface area contributed by atoms with Crippen LogP contribution in [-0.4, -0.2) is 95.3 Å². The molecule has 0 saturated heterocycles. The van der Waals surface area contributed by atoms with Crippen molar-refractivity contribution in [2.24, 2.45) is 0 Å². The summed E-state index contributed by atoms with van der Waals surface area (Å²) >= 11 is -10.5. The molecule has 0 aliphatic heterocycles. The standard InChI is InChI=1S/2Cr.K.4H2O.4O.Pb.3H/h;;;4*1H2;;;;;;;;/q2*+2;;;;;;;;;;;;;/p-4. The molecule has 0 atom stereocenters. The van der Waals surface area contributed by atoms with Gasteiger partial charge in [-0.15, -0.1) is 0 Å². The Balaban J connectivity index is -0.0000000457. The summed E-state index contributed by atoms with van der Waals surface area (Å²) in [5, 5.41) is 0. The molecule has 12 heavy (non-hydrogen) atoms. The van der Waals surface area contributed by atoms with Crippen LogP contribution in [0.4, 0.5) is 0 Å². The van der Waals surface area contributed by atoms with Gasteiger partial charge in [0, 0.05) is 0 Å². The topological polar surface area (TPSA) is 149 Å². The Morgan fingerprint density at radius 2 is 0.667 bits per heavy atom. The molecule has 4 N–H and O–H groups in total. The summed E-state index contributed by atoms with van der Waals surface area (Å²) in [5.74, 6) is 0. The second-order valence-corrected chi connectivity index (χ2v) is 3.69. The zero-order valence-corrected chi connectivity index (χ0v) is 13.0. The summed E-state index contributed by atoms with van der Waals surface area (Å²) in [4.78, 5) is 0. The van der Waals surface area contributed by atoms with Crippen molar-refractivity contribution in [3.63, 3.8) is 0 Å². The molecule has 0 rings (SSSR count). The van der Waals surface area contributed by atoms with Gasteiger partial charge < -0.3 is 0 Å². The maximum atomic E-state index is 8.82. The zero-order chi connectivity index (χ0) is 9.00. The first-order chi connectivity index (χ1) is 4.00. The molecule has 0 aliphatic rings. The van der Waals surface area contributed by atoms with Gasteiger partial charge in [-0.3, -0.25) is 0 Å². The molecule has 8 nitrogen and oxygen atoms in total. The molecule has 0 aromatic carbocycles. The van der Waals surface area contributed by atoms with E-state index in [-0.39, 0.29) is 78.7 Å². The Bertz CT molecular complexity index is 213. The molecular weight excluding hydrogens is 478 g/mol. The molecule has 0 aliphatic carbocycles. The number of rotatable bonds is 0. The molecular formula is H7Cr2KO8Pb. The van der Waals surface area contributed by atoms with Crippen LogP contribution in [0.2, 0.25) is 0 Å². The molecule has 0 aromatic rings. The van der Waals surface area contributed by atoms with E-state index in [0.717, 1.165) is 0 Å². The fourth-order valence-corrected chi connectivity index (χ4v) is 0. The first-order valence-corrected chi connectivity index (χ1v) is 5.76. The van der Waals surface area contributed by atoms with Gasteiger partial charge in [0.25, 0.3) is 0 Å². The Morgan fingerprint density at radius 1 is 0.667 bits per heavy atom. The monoisotopic (exact) mass is 486 g/mol. The third-order valence-electron chi connectivity index (χ3n) is 0. The van der Waals surface area contributed by atoms with E-state index in [1.165, 1.54) is 0 Å². The van der Waals surface area contributed by atoms with Gasteiger partial charge in [-0.25, -0.2) is 0 Å². The summed E-state index contributed by atoms with van der Waals surface area (Å²) in [5.41, 5.74) is 0. The van der Waals surface area contributed by atoms with Crippen LogP contribution in [0.25, 0.3) is 0 Å². The molecule has 0 amide bonds. The van der Waals surface area contributed by atoms with Gasteiger partial charge in [0.15, 0.2) is 0 Å². The summed E-state index contributed by atoms with van der Waals surface area (Å²) < 4.78 is 63.8. The molecule has 0 unspecified atom stereocenters. The average molecular weight is 485 g/mol. The quantitative estimate of drug-likeness (QED) is 0.252. The first-order valence-electron chi connectivity index (χ1n) is 1.40. The number of hydrogen-bond donors (Lipinski definition) is 4. The van der Waals surface area contributed by atoms with Crippen molar-refractivity contribution in [1.82, 2.24) is 0 Å². The second-order valence-electron chi connectivity index (χ2n) is 0.896. The van der Waals surface area contributed by atoms with Crippen LogP contribution in [-0.2, 0) is 42.4 Å². The van der Waals surface area contributed by atoms with Gasteiger partial charge in [-0.1, -0.05) is 0 Å². The second kappa shape index (κ2) is 10.2. The van der Waals surface area contributed by atoms with Crippen LogP contribution in [0.5, 0.6) is 0 Å². The van der Waals surface area contributed by atoms with E-state index in [4.69, 9.17) is 31.8 Å². The minimum absolute atomic E-state index is 0. The van der Waals surface area contributed by atoms with E-state index in [9.17, 15) is 0 Å². The van der Waals surface area contributed by atoms with Crippen molar-refractivity contribution in [3.05, 3.63) is 0 Å². The van der Waals surface area contributed by atoms with Crippen molar-refractivity contribution < 1.29 is 59.1 Å². The van der Waals surface area contributed by atoms with Gasteiger partial charge in [0.05, 0.1) is 0 Å². The Kier molecular flexibility index (Phi) is 20.4. The van der Waals surface area contributed by atoms with Crippen molar-refractivity contribution in [1.29, 1.82) is 0 Å². The maximum absolute atomic E-state index is 8.82. The SMILES string of the molecule is [KH].[O]=[Cr](=[O])([OH])[OH].[O]=[Cr](=[O])([OH])[OH].[PbH2]. The van der Waals surface area contributed by atoms with Crippen molar-refractivity contribution in [2.45, 2.75) is 0 Å². The average Bonchev–Trinajstić information content (AvgIpc) is 1.12. The molecule has 0 heterocycles. The molecule has 0 bridgehead atoms. The molecule has 0 saturated carbocycles. The predicted molar refractivity (Wildman–Crippen MR) is 27.3 cm³/mol. The van der Waals surface area contributed by atoms with Gasteiger partial charge in [0.2, 0.25) is 0 Å². The Labute approximate surface area is 135 Å². The van der Waals surface area contributed by atoms with Crippen molar-refractivity contribution in [2.75, 3.05) is 0 Å². The predicted octanol–water partition coefficient (Wildman–Crippen LogP) is -4.27. The molecule has 0 aromatic heterocycles. The number of hydrogen-bond acceptors (Lipinski definition) is 4. The van der Waals surface area contributed by atoms with Crippen molar-refractivity contribution in [3.8, 4) is 0 Å². The normalized spacial score (nSPS) is 9.67. The summed E-state index contributed by atoms with van der Waals surface area (Å²) in [6, 6.07) is 0. The summed E-state index contributed by atoms with van der Waals surface area (Å²) in [6.07, 6.45) is 0. The molecule has 72 valence electrons. The summed E-state index contributed by atoms with van der Waals surface area (Å²) in [7, 11) is 0. The van der Waals surface area contributed by atoms with Crippen molar-refractivity contribution >= 4 is 78.7 Å². The van der Waals surface area contributed by atoms with Crippen LogP contribution in [0.3, 0.4) is 0 Å². The van der Waals surface area contributed by atoms with Crippen LogP contribution < -0.4 is 0 Å². The third-order valence-corrected chi connectivity index (χ3v) is 0. The van der Waals surface area contributed by atoms with Gasteiger partial charge in [0.1, 0.15) is 0 Å². The van der Waals surface area contributed by atoms with Crippen LogP contribution in [0.15, 0.2) is 0 Å². The molecule has 0 spiro atoms. The molecule has 0 fully saturated rings. The molecule has 12 heteroatoms. The van der Waals surface area contributed by atoms with Gasteiger partial charge >= 0.3 is 138 Å². The van der Waals surface area contributed by atoms with E-state index >= 15 is 0 Å². The first kappa shape index (κ1) is 24.1. The molecule has 2 radical (unpaired) electrons. The van der Waals surface area contributed by atoms with Crippen LogP contribution in [0.1, 0.15) is 0 Å². The minimum atomic E-state index is -5.25. The fourth-order valence-electron chi connectivity index (χ4n) is 0. The third kappa shape index (κ3) is 243. The van der Waals surface area contributed by atoms with Gasteiger partial charge in [-0.2, -0.15) is 0 Å². The summed E-state index contributed by atoms with van der Waals surface area (Å²) in [6.45, 7) is 0. The van der Waals surface area contributed by atoms with E-state index in [2.05, 4.69) is 0 Å². The van der Waals surface area contributed by atoms with E-state index in [1.54, 1.807) is 0 Å². The van der Waals surface area contributed by atoms with E-state index < -0.39 is 27.2 Å². The Hall–Kier alpha value is 2.66. The van der Waals surface area contributed by atoms with Crippen LogP contribution in [0, 0.1) is 0 Å².